The Balaban J connectivity index is 2.05. The molecule has 0 aliphatic heterocycles. The fourth-order valence-corrected chi connectivity index (χ4v) is 2.33. The molecule has 0 aliphatic rings. The van der Waals surface area contributed by atoms with Gasteiger partial charge in [-0.25, -0.2) is 4.79 Å². The van der Waals surface area contributed by atoms with E-state index in [0.717, 1.165) is 5.56 Å². The summed E-state index contributed by atoms with van der Waals surface area (Å²) in [5, 5.41) is 4.62. The first-order valence-corrected chi connectivity index (χ1v) is 7.37. The number of carbonyl (C=O) groups excluding carboxylic acids is 1. The van der Waals surface area contributed by atoms with Crippen molar-refractivity contribution >= 4 is 35.0 Å². The Hall–Kier alpha value is -2.24. The summed E-state index contributed by atoms with van der Waals surface area (Å²) in [5.41, 5.74) is 6.75. The van der Waals surface area contributed by atoms with Crippen LogP contribution in [0, 0.1) is 0 Å². The number of oxime groups is 1. The van der Waals surface area contributed by atoms with Crippen molar-refractivity contribution in [3.8, 4) is 5.75 Å². The Bertz CT molecular complexity index is 748. The molecule has 2 N–H and O–H groups in total. The van der Waals surface area contributed by atoms with Crippen LogP contribution < -0.4 is 10.5 Å². The zero-order valence-corrected chi connectivity index (χ0v) is 13.8. The van der Waals surface area contributed by atoms with Gasteiger partial charge in [0.15, 0.2) is 0 Å². The molecule has 7 heteroatoms. The Labute approximate surface area is 143 Å². The highest BCUT2D eigenvalue weighted by molar-refractivity contribution is 6.35. The molecule has 120 valence electrons. The average Bonchev–Trinajstić information content (AvgIpc) is 2.55. The number of para-hydroxylation sites is 1. The van der Waals surface area contributed by atoms with Gasteiger partial charge >= 0.3 is 5.97 Å². The maximum atomic E-state index is 12.0. The molecule has 0 fully saturated rings. The predicted molar refractivity (Wildman–Crippen MR) is 90.2 cm³/mol. The summed E-state index contributed by atoms with van der Waals surface area (Å²) >= 11 is 11.9. The van der Waals surface area contributed by atoms with Gasteiger partial charge in [-0.05, 0) is 29.8 Å². The van der Waals surface area contributed by atoms with Crippen LogP contribution in [0.15, 0.2) is 47.6 Å². The third-order valence-corrected chi connectivity index (χ3v) is 3.55. The number of methoxy groups -OCH3 is 1. The normalized spacial score (nSPS) is 11.2. The molecule has 0 bridgehead atoms. The van der Waals surface area contributed by atoms with Crippen LogP contribution in [0.4, 0.5) is 0 Å². The summed E-state index contributed by atoms with van der Waals surface area (Å²) in [6.07, 6.45) is 0.231. The van der Waals surface area contributed by atoms with Gasteiger partial charge in [-0.15, -0.1) is 0 Å². The molecule has 0 atom stereocenters. The smallest absolute Gasteiger partial charge is 0.369 e. The highest BCUT2D eigenvalue weighted by atomic mass is 35.5. The fourth-order valence-electron chi connectivity index (χ4n) is 1.85. The van der Waals surface area contributed by atoms with E-state index in [9.17, 15) is 4.79 Å². The second-order valence-corrected chi connectivity index (χ2v) is 5.42. The third kappa shape index (κ3) is 4.61. The Morgan fingerprint density at radius 2 is 1.96 bits per heavy atom. The van der Waals surface area contributed by atoms with Crippen LogP contribution in [0.1, 0.15) is 15.9 Å². The molecule has 2 aromatic carbocycles. The first-order chi connectivity index (χ1) is 11.0. The van der Waals surface area contributed by atoms with E-state index in [0.29, 0.717) is 15.8 Å². The lowest BCUT2D eigenvalue weighted by atomic mass is 10.1. The topological polar surface area (TPSA) is 73.9 Å². The van der Waals surface area contributed by atoms with Crippen LogP contribution >= 0.6 is 23.2 Å². The number of benzene rings is 2. The summed E-state index contributed by atoms with van der Waals surface area (Å²) < 4.78 is 5.09. The lowest BCUT2D eigenvalue weighted by Crippen LogP contribution is -2.17. The van der Waals surface area contributed by atoms with Crippen molar-refractivity contribution in [3.63, 3.8) is 0 Å². The summed E-state index contributed by atoms with van der Waals surface area (Å²) in [4.78, 5) is 16.8. The Kier molecular flexibility index (Phi) is 5.84. The molecule has 0 spiro atoms. The number of ether oxygens (including phenoxy) is 1. The van der Waals surface area contributed by atoms with Gasteiger partial charge in [0.1, 0.15) is 17.1 Å². The molecule has 0 aromatic heterocycles. The van der Waals surface area contributed by atoms with Crippen LogP contribution in [-0.2, 0) is 11.3 Å². The SMILES string of the molecule is COc1ccccc1C(=O)O/N=C(\N)Cc1ccc(Cl)cc1Cl. The highest BCUT2D eigenvalue weighted by Gasteiger charge is 2.13. The first-order valence-electron chi connectivity index (χ1n) is 6.62. The van der Waals surface area contributed by atoms with E-state index >= 15 is 0 Å². The van der Waals surface area contributed by atoms with Crippen molar-refractivity contribution < 1.29 is 14.4 Å². The van der Waals surface area contributed by atoms with Crippen LogP contribution in [0.25, 0.3) is 0 Å². The summed E-state index contributed by atoms with van der Waals surface area (Å²) in [6.45, 7) is 0. The molecule has 0 saturated carbocycles. The van der Waals surface area contributed by atoms with E-state index in [1.165, 1.54) is 7.11 Å². The molecule has 2 aromatic rings. The Morgan fingerprint density at radius 3 is 2.65 bits per heavy atom. The number of amidine groups is 1. The fraction of sp³-hybridized carbons (Fsp3) is 0.125. The number of rotatable bonds is 5. The molecule has 0 heterocycles. The molecule has 5 nitrogen and oxygen atoms in total. The van der Waals surface area contributed by atoms with Gasteiger partial charge in [0, 0.05) is 16.5 Å². The summed E-state index contributed by atoms with van der Waals surface area (Å²) in [7, 11) is 1.46. The van der Waals surface area contributed by atoms with Crippen LogP contribution in [0.5, 0.6) is 5.75 Å². The van der Waals surface area contributed by atoms with E-state index in [-0.39, 0.29) is 17.8 Å². The van der Waals surface area contributed by atoms with Gasteiger partial charge in [-0.3, -0.25) is 0 Å². The second kappa shape index (κ2) is 7.85. The molecule has 0 radical (unpaired) electrons. The monoisotopic (exact) mass is 352 g/mol. The lowest BCUT2D eigenvalue weighted by molar-refractivity contribution is 0.0511. The minimum atomic E-state index is -0.660. The molecule has 0 amide bonds. The maximum absolute atomic E-state index is 12.0. The predicted octanol–water partition coefficient (Wildman–Crippen LogP) is 3.67. The number of hydrogen-bond donors (Lipinski definition) is 1. The van der Waals surface area contributed by atoms with Crippen LogP contribution in [0.2, 0.25) is 10.0 Å². The van der Waals surface area contributed by atoms with Crippen molar-refractivity contribution in [1.29, 1.82) is 0 Å². The van der Waals surface area contributed by atoms with Gasteiger partial charge in [0.25, 0.3) is 0 Å². The molecule has 0 saturated heterocycles. The first kappa shape index (κ1) is 17.1. The minimum Gasteiger partial charge on any atom is -0.496 e. The van der Waals surface area contributed by atoms with Crippen molar-refractivity contribution in [3.05, 3.63) is 63.6 Å². The standard InChI is InChI=1S/C16H14Cl2N2O3/c1-22-14-5-3-2-4-12(14)16(21)23-20-15(19)8-10-6-7-11(17)9-13(10)18/h2-7,9H,8H2,1H3,(H2,19,20). The second-order valence-electron chi connectivity index (χ2n) is 4.57. The van der Waals surface area contributed by atoms with E-state index < -0.39 is 5.97 Å². The number of hydrogen-bond acceptors (Lipinski definition) is 4. The van der Waals surface area contributed by atoms with Crippen molar-refractivity contribution in [2.45, 2.75) is 6.42 Å². The summed E-state index contributed by atoms with van der Waals surface area (Å²) in [6, 6.07) is 11.7. The number of nitrogens with zero attached hydrogens (tertiary/aromatic N) is 1. The van der Waals surface area contributed by atoms with E-state index in [2.05, 4.69) is 5.16 Å². The minimum absolute atomic E-state index is 0.109. The van der Waals surface area contributed by atoms with Gasteiger partial charge in [0.05, 0.1) is 7.11 Å². The Morgan fingerprint density at radius 1 is 1.22 bits per heavy atom. The number of halogens is 2. The zero-order valence-electron chi connectivity index (χ0n) is 12.3. The highest BCUT2D eigenvalue weighted by Crippen LogP contribution is 2.21. The van der Waals surface area contributed by atoms with E-state index in [1.807, 2.05) is 0 Å². The van der Waals surface area contributed by atoms with Gasteiger partial charge in [-0.1, -0.05) is 46.6 Å². The molecule has 2 rings (SSSR count). The van der Waals surface area contributed by atoms with Gasteiger partial charge in [0.2, 0.25) is 0 Å². The number of carbonyl (C=O) groups is 1. The molecular formula is C16H14Cl2N2O3. The average molecular weight is 353 g/mol. The van der Waals surface area contributed by atoms with Crippen molar-refractivity contribution in [2.75, 3.05) is 7.11 Å². The summed E-state index contributed by atoms with van der Waals surface area (Å²) in [5.74, 6) is -0.155. The van der Waals surface area contributed by atoms with Gasteiger partial charge in [-0.2, -0.15) is 0 Å². The van der Waals surface area contributed by atoms with Crippen molar-refractivity contribution in [2.24, 2.45) is 10.9 Å². The quantitative estimate of drug-likeness (QED) is 0.385. The van der Waals surface area contributed by atoms with Gasteiger partial charge < -0.3 is 15.3 Å². The van der Waals surface area contributed by atoms with Crippen LogP contribution in [0.3, 0.4) is 0 Å². The van der Waals surface area contributed by atoms with Crippen LogP contribution in [-0.4, -0.2) is 18.9 Å². The largest absolute Gasteiger partial charge is 0.496 e. The molecule has 0 aliphatic carbocycles. The molecular weight excluding hydrogens is 339 g/mol. The van der Waals surface area contributed by atoms with Crippen molar-refractivity contribution in [1.82, 2.24) is 0 Å². The molecule has 0 unspecified atom stereocenters. The molecule has 23 heavy (non-hydrogen) atoms. The zero-order chi connectivity index (χ0) is 16.8. The van der Waals surface area contributed by atoms with E-state index in [1.54, 1.807) is 42.5 Å². The third-order valence-electron chi connectivity index (χ3n) is 2.96. The maximum Gasteiger partial charge on any atom is 0.369 e. The lowest BCUT2D eigenvalue weighted by Gasteiger charge is -2.06. The van der Waals surface area contributed by atoms with E-state index in [4.69, 9.17) is 38.5 Å². The number of nitrogens with two attached hydrogens (primary N) is 1.